The normalized spacial score (nSPS) is 17.3. The van der Waals surface area contributed by atoms with Crippen LogP contribution in [0.2, 0.25) is 0 Å². The average Bonchev–Trinajstić information content (AvgIpc) is 2.73. The number of benzene rings is 2. The van der Waals surface area contributed by atoms with Crippen LogP contribution in [-0.2, 0) is 0 Å². The molecule has 1 aliphatic heterocycles. The van der Waals surface area contributed by atoms with Gasteiger partial charge in [0.2, 0.25) is 6.71 Å². The first kappa shape index (κ1) is 19.5. The Morgan fingerprint density at radius 3 is 2.29 bits per heavy atom. The highest BCUT2D eigenvalue weighted by Crippen LogP contribution is 2.38. The second-order valence-electron chi connectivity index (χ2n) is 6.60. The number of para-hydroxylation sites is 2. The highest BCUT2D eigenvalue weighted by molar-refractivity contribution is 6.89. The predicted molar refractivity (Wildman–Crippen MR) is 126 cm³/mol. The number of hydrogen-bond donors (Lipinski definition) is 0. The maximum absolute atomic E-state index is 3.98. The molecule has 0 bridgehead atoms. The molecule has 0 unspecified atom stereocenters. The number of hydrogen-bond acceptors (Lipinski definition) is 1. The largest absolute Gasteiger partial charge is 0.312 e. The minimum Gasteiger partial charge on any atom is -0.312 e. The molecule has 0 aromatic heterocycles. The molecule has 0 saturated carbocycles. The summed E-state index contributed by atoms with van der Waals surface area (Å²) in [4.78, 5) is 2.32. The molecule has 2 heteroatoms. The number of rotatable bonds is 5. The zero-order valence-corrected chi connectivity index (χ0v) is 16.7. The van der Waals surface area contributed by atoms with Gasteiger partial charge in [-0.25, -0.2) is 0 Å². The van der Waals surface area contributed by atoms with E-state index in [0.29, 0.717) is 0 Å². The summed E-state index contributed by atoms with van der Waals surface area (Å²) in [5.41, 5.74) is 7.24. The maximum atomic E-state index is 3.98. The van der Waals surface area contributed by atoms with Crippen molar-refractivity contribution in [3.8, 4) is 0 Å². The summed E-state index contributed by atoms with van der Waals surface area (Å²) < 4.78 is 0. The van der Waals surface area contributed by atoms with Gasteiger partial charge in [-0.15, -0.1) is 0 Å². The van der Waals surface area contributed by atoms with Gasteiger partial charge in [0.15, 0.2) is 0 Å². The number of fused-ring (bicyclic) bond motifs is 1. The molecule has 0 spiro atoms. The molecule has 1 aliphatic rings. The summed E-state index contributed by atoms with van der Waals surface area (Å²) >= 11 is 0. The lowest BCUT2D eigenvalue weighted by Gasteiger charge is -2.39. The molecule has 0 atom stereocenters. The highest BCUT2D eigenvalue weighted by Gasteiger charge is 2.36. The first-order chi connectivity index (χ1) is 13.8. The molecule has 0 radical (unpaired) electrons. The average molecular weight is 363 g/mol. The Hall–Kier alpha value is -3.26. The molecule has 0 N–H and O–H groups in total. The second kappa shape index (κ2) is 9.10. The van der Waals surface area contributed by atoms with Gasteiger partial charge in [0.25, 0.3) is 0 Å². The molecule has 138 valence electrons. The van der Waals surface area contributed by atoms with Crippen LogP contribution in [-0.4, -0.2) is 6.71 Å². The van der Waals surface area contributed by atoms with Crippen LogP contribution in [0, 0.1) is 0 Å². The van der Waals surface area contributed by atoms with Gasteiger partial charge in [0, 0.05) is 17.1 Å². The van der Waals surface area contributed by atoms with Crippen LogP contribution in [0.15, 0.2) is 127 Å². The second-order valence-corrected chi connectivity index (χ2v) is 6.60. The van der Waals surface area contributed by atoms with Crippen molar-refractivity contribution >= 4 is 23.6 Å². The van der Waals surface area contributed by atoms with Crippen molar-refractivity contribution in [3.63, 3.8) is 0 Å². The molecule has 0 aliphatic carbocycles. The molecular formula is C26H26BN. The van der Waals surface area contributed by atoms with E-state index in [1.54, 1.807) is 0 Å². The molecule has 1 nitrogen and oxygen atoms in total. The third-order valence-corrected chi connectivity index (χ3v) is 4.94. The van der Waals surface area contributed by atoms with Gasteiger partial charge < -0.3 is 4.90 Å². The van der Waals surface area contributed by atoms with Gasteiger partial charge in [-0.1, -0.05) is 91.5 Å². The molecule has 1 heterocycles. The Morgan fingerprint density at radius 2 is 1.64 bits per heavy atom. The van der Waals surface area contributed by atoms with Gasteiger partial charge >= 0.3 is 0 Å². The summed E-state index contributed by atoms with van der Waals surface area (Å²) in [5, 5.41) is 0. The van der Waals surface area contributed by atoms with Crippen molar-refractivity contribution in [2.24, 2.45) is 0 Å². The Labute approximate surface area is 169 Å². The molecule has 3 rings (SSSR count). The van der Waals surface area contributed by atoms with Gasteiger partial charge in [0.05, 0.1) is 0 Å². The lowest BCUT2D eigenvalue weighted by Crippen LogP contribution is -2.45. The SMILES string of the molecule is C=C/C=C(\C=C/C)B1C(=C/C)/C(=C\C=C)N(c2ccccc2)c2ccccc21. The minimum absolute atomic E-state index is 0.140. The Morgan fingerprint density at radius 1 is 0.929 bits per heavy atom. The molecule has 2 aromatic carbocycles. The Balaban J connectivity index is 2.35. The van der Waals surface area contributed by atoms with Gasteiger partial charge in [-0.05, 0) is 49.1 Å². The van der Waals surface area contributed by atoms with E-state index >= 15 is 0 Å². The zero-order valence-electron chi connectivity index (χ0n) is 16.7. The van der Waals surface area contributed by atoms with Crippen LogP contribution in [0.25, 0.3) is 0 Å². The van der Waals surface area contributed by atoms with Gasteiger partial charge in [-0.3, -0.25) is 0 Å². The summed E-state index contributed by atoms with van der Waals surface area (Å²) in [6.45, 7) is 12.2. The lowest BCUT2D eigenvalue weighted by molar-refractivity contribution is 1.18. The third kappa shape index (κ3) is 3.59. The van der Waals surface area contributed by atoms with Crippen LogP contribution in [0.1, 0.15) is 13.8 Å². The molecule has 28 heavy (non-hydrogen) atoms. The van der Waals surface area contributed by atoms with Crippen LogP contribution in [0.4, 0.5) is 11.4 Å². The van der Waals surface area contributed by atoms with E-state index in [2.05, 4.69) is 111 Å². The highest BCUT2D eigenvalue weighted by atomic mass is 15.2. The summed E-state index contributed by atoms with van der Waals surface area (Å²) in [6.07, 6.45) is 14.4. The van der Waals surface area contributed by atoms with Crippen molar-refractivity contribution < 1.29 is 0 Å². The first-order valence-corrected chi connectivity index (χ1v) is 9.65. The van der Waals surface area contributed by atoms with Gasteiger partial charge in [0.1, 0.15) is 0 Å². The van der Waals surface area contributed by atoms with E-state index in [0.717, 1.165) is 11.4 Å². The van der Waals surface area contributed by atoms with Crippen molar-refractivity contribution in [3.05, 3.63) is 127 Å². The van der Waals surface area contributed by atoms with E-state index in [1.807, 2.05) is 18.2 Å². The predicted octanol–water partition coefficient (Wildman–Crippen LogP) is 6.32. The smallest absolute Gasteiger partial charge is 0.246 e. The van der Waals surface area contributed by atoms with Crippen molar-refractivity contribution in [1.29, 1.82) is 0 Å². The van der Waals surface area contributed by atoms with Crippen molar-refractivity contribution in [1.82, 2.24) is 0 Å². The molecule has 2 aromatic rings. The fraction of sp³-hybridized carbons (Fsp3) is 0.0769. The fourth-order valence-corrected chi connectivity index (χ4v) is 3.90. The quantitative estimate of drug-likeness (QED) is 0.444. The Bertz CT molecular complexity index is 977. The summed E-state index contributed by atoms with van der Waals surface area (Å²) in [6, 6.07) is 19.1. The summed E-state index contributed by atoms with van der Waals surface area (Å²) in [7, 11) is 0. The number of nitrogens with zero attached hydrogens (tertiary/aromatic N) is 1. The fourth-order valence-electron chi connectivity index (χ4n) is 3.90. The third-order valence-electron chi connectivity index (χ3n) is 4.94. The minimum atomic E-state index is 0.140. The van der Waals surface area contributed by atoms with E-state index in [1.165, 1.54) is 22.1 Å². The lowest BCUT2D eigenvalue weighted by atomic mass is 9.33. The van der Waals surface area contributed by atoms with Crippen LogP contribution in [0.3, 0.4) is 0 Å². The van der Waals surface area contributed by atoms with Crippen molar-refractivity contribution in [2.45, 2.75) is 13.8 Å². The van der Waals surface area contributed by atoms with Gasteiger partial charge in [-0.2, -0.15) is 0 Å². The number of anilines is 2. The molecule has 0 saturated heterocycles. The first-order valence-electron chi connectivity index (χ1n) is 9.65. The topological polar surface area (TPSA) is 3.24 Å². The Kier molecular flexibility index (Phi) is 6.34. The van der Waals surface area contributed by atoms with Crippen LogP contribution < -0.4 is 10.4 Å². The van der Waals surface area contributed by atoms with E-state index in [9.17, 15) is 0 Å². The van der Waals surface area contributed by atoms with E-state index in [4.69, 9.17) is 0 Å². The molecule has 0 amide bonds. The maximum Gasteiger partial charge on any atom is 0.246 e. The van der Waals surface area contributed by atoms with Crippen molar-refractivity contribution in [2.75, 3.05) is 4.90 Å². The summed E-state index contributed by atoms with van der Waals surface area (Å²) in [5.74, 6) is 0. The molecule has 0 fully saturated rings. The van der Waals surface area contributed by atoms with Crippen LogP contribution >= 0.6 is 0 Å². The van der Waals surface area contributed by atoms with E-state index < -0.39 is 0 Å². The zero-order chi connectivity index (χ0) is 19.9. The monoisotopic (exact) mass is 363 g/mol. The van der Waals surface area contributed by atoms with Crippen LogP contribution in [0.5, 0.6) is 0 Å². The van der Waals surface area contributed by atoms with E-state index in [-0.39, 0.29) is 6.71 Å². The standard InChI is InChI=1S/C26H26BN/c1-5-14-21(15-6-2)27-23(8-4)25(16-7-3)28(22-17-10-9-11-18-22)26-20-13-12-19-24(26)27/h5-20H,1,3H2,2,4H3/b15-6-,21-14+,23-8+,25-16+. The molecular weight excluding hydrogens is 337 g/mol. The number of allylic oxidation sites excluding steroid dienone is 9.